The molecular formula is C24H22ClN3O2S. The standard InChI is InChI=1S/C24H22ClN3O2S/c1-27(2)23-7-5-4-6-21(23)22-16-24(17-8-10-18(25)11-9-17)28(26-22)19-12-14-20(15-13-19)31(3,29)30/h4-16H,1-3H3. The highest BCUT2D eigenvalue weighted by Gasteiger charge is 2.16. The highest BCUT2D eigenvalue weighted by molar-refractivity contribution is 7.90. The minimum Gasteiger partial charge on any atom is -0.377 e. The zero-order chi connectivity index (χ0) is 22.2. The van der Waals surface area contributed by atoms with Gasteiger partial charge in [0.05, 0.1) is 22.0 Å². The van der Waals surface area contributed by atoms with Crippen LogP contribution in [0.5, 0.6) is 0 Å². The van der Waals surface area contributed by atoms with Crippen LogP contribution in [0.3, 0.4) is 0 Å². The van der Waals surface area contributed by atoms with Gasteiger partial charge in [-0.1, -0.05) is 41.9 Å². The molecule has 0 saturated heterocycles. The fourth-order valence-corrected chi connectivity index (χ4v) is 4.21. The van der Waals surface area contributed by atoms with Gasteiger partial charge in [0.15, 0.2) is 9.84 Å². The van der Waals surface area contributed by atoms with Gasteiger partial charge in [0.25, 0.3) is 0 Å². The predicted molar refractivity (Wildman–Crippen MR) is 127 cm³/mol. The molecule has 1 heterocycles. The van der Waals surface area contributed by atoms with Gasteiger partial charge >= 0.3 is 0 Å². The Morgan fingerprint density at radius 1 is 0.903 bits per heavy atom. The number of halogens is 1. The average Bonchev–Trinajstić information content (AvgIpc) is 3.19. The molecule has 1 aromatic heterocycles. The Kier molecular flexibility index (Phi) is 5.60. The van der Waals surface area contributed by atoms with E-state index in [0.717, 1.165) is 33.9 Å². The van der Waals surface area contributed by atoms with E-state index in [9.17, 15) is 8.42 Å². The van der Waals surface area contributed by atoms with Crippen molar-refractivity contribution < 1.29 is 8.42 Å². The first kappa shape index (κ1) is 21.2. The second-order valence-corrected chi connectivity index (χ2v) is 9.96. The van der Waals surface area contributed by atoms with E-state index >= 15 is 0 Å². The van der Waals surface area contributed by atoms with Crippen LogP contribution in [0.25, 0.3) is 28.2 Å². The van der Waals surface area contributed by atoms with Crippen LogP contribution in [0, 0.1) is 0 Å². The van der Waals surface area contributed by atoms with Gasteiger partial charge in [0.1, 0.15) is 0 Å². The third-order valence-electron chi connectivity index (χ3n) is 5.02. The first-order valence-corrected chi connectivity index (χ1v) is 11.9. The fourth-order valence-electron chi connectivity index (χ4n) is 3.45. The van der Waals surface area contributed by atoms with E-state index < -0.39 is 9.84 Å². The molecule has 0 radical (unpaired) electrons. The van der Waals surface area contributed by atoms with Gasteiger partial charge in [-0.2, -0.15) is 5.10 Å². The highest BCUT2D eigenvalue weighted by Crippen LogP contribution is 2.34. The molecule has 0 aliphatic carbocycles. The second kappa shape index (κ2) is 8.21. The van der Waals surface area contributed by atoms with Gasteiger partial charge in [0.2, 0.25) is 0 Å². The summed E-state index contributed by atoms with van der Waals surface area (Å²) < 4.78 is 25.5. The zero-order valence-corrected chi connectivity index (χ0v) is 19.0. The lowest BCUT2D eigenvalue weighted by molar-refractivity contribution is 0.602. The maximum absolute atomic E-state index is 11.9. The Bertz CT molecular complexity index is 1330. The number of aromatic nitrogens is 2. The lowest BCUT2D eigenvalue weighted by Gasteiger charge is -2.15. The molecule has 0 saturated carbocycles. The van der Waals surface area contributed by atoms with Crippen LogP contribution >= 0.6 is 11.6 Å². The van der Waals surface area contributed by atoms with Gasteiger partial charge in [-0.15, -0.1) is 0 Å². The van der Waals surface area contributed by atoms with E-state index in [1.54, 1.807) is 24.3 Å². The van der Waals surface area contributed by atoms with E-state index in [4.69, 9.17) is 16.7 Å². The number of sulfone groups is 1. The maximum Gasteiger partial charge on any atom is 0.175 e. The van der Waals surface area contributed by atoms with Crippen LogP contribution in [0.1, 0.15) is 0 Å². The number of rotatable bonds is 5. The van der Waals surface area contributed by atoms with Crippen molar-refractivity contribution in [1.82, 2.24) is 9.78 Å². The van der Waals surface area contributed by atoms with Crippen molar-refractivity contribution in [1.29, 1.82) is 0 Å². The zero-order valence-electron chi connectivity index (χ0n) is 17.4. The van der Waals surface area contributed by atoms with Crippen LogP contribution < -0.4 is 4.90 Å². The molecule has 0 N–H and O–H groups in total. The SMILES string of the molecule is CN(C)c1ccccc1-c1cc(-c2ccc(Cl)cc2)n(-c2ccc(S(C)(=O)=O)cc2)n1. The van der Waals surface area contributed by atoms with Crippen molar-refractivity contribution in [3.05, 3.63) is 83.9 Å². The van der Waals surface area contributed by atoms with Crippen LogP contribution in [0.15, 0.2) is 83.8 Å². The highest BCUT2D eigenvalue weighted by atomic mass is 35.5. The average molecular weight is 452 g/mol. The summed E-state index contributed by atoms with van der Waals surface area (Å²) >= 11 is 6.09. The molecule has 5 nitrogen and oxygen atoms in total. The lowest BCUT2D eigenvalue weighted by Crippen LogP contribution is -2.09. The lowest BCUT2D eigenvalue weighted by atomic mass is 10.1. The summed E-state index contributed by atoms with van der Waals surface area (Å²) in [5.74, 6) is 0. The Balaban J connectivity index is 1.91. The van der Waals surface area contributed by atoms with Gasteiger partial charge in [-0.3, -0.25) is 0 Å². The Morgan fingerprint density at radius 2 is 1.55 bits per heavy atom. The number of anilines is 1. The molecule has 7 heteroatoms. The topological polar surface area (TPSA) is 55.2 Å². The molecule has 0 fully saturated rings. The van der Waals surface area contributed by atoms with Gasteiger partial charge in [-0.25, -0.2) is 13.1 Å². The van der Waals surface area contributed by atoms with E-state index in [-0.39, 0.29) is 4.90 Å². The monoisotopic (exact) mass is 451 g/mol. The molecule has 0 spiro atoms. The predicted octanol–water partition coefficient (Wildman–Crippen LogP) is 5.33. The fraction of sp³-hybridized carbons (Fsp3) is 0.125. The smallest absolute Gasteiger partial charge is 0.175 e. The minimum atomic E-state index is -3.27. The summed E-state index contributed by atoms with van der Waals surface area (Å²) in [5.41, 5.74) is 5.49. The van der Waals surface area contributed by atoms with Crippen LogP contribution in [-0.4, -0.2) is 38.5 Å². The van der Waals surface area contributed by atoms with Crippen molar-refractivity contribution in [2.24, 2.45) is 0 Å². The number of hydrogen-bond acceptors (Lipinski definition) is 4. The van der Waals surface area contributed by atoms with E-state index in [0.29, 0.717) is 5.02 Å². The van der Waals surface area contributed by atoms with Crippen molar-refractivity contribution >= 4 is 27.1 Å². The van der Waals surface area contributed by atoms with Crippen molar-refractivity contribution in [3.8, 4) is 28.2 Å². The molecule has 3 aromatic carbocycles. The third kappa shape index (κ3) is 4.36. The Morgan fingerprint density at radius 3 is 2.16 bits per heavy atom. The van der Waals surface area contributed by atoms with Gasteiger partial charge < -0.3 is 4.90 Å². The largest absolute Gasteiger partial charge is 0.377 e. The minimum absolute atomic E-state index is 0.273. The van der Waals surface area contributed by atoms with Crippen LogP contribution in [0.4, 0.5) is 5.69 Å². The number of hydrogen-bond donors (Lipinski definition) is 0. The maximum atomic E-state index is 11.9. The molecule has 0 atom stereocenters. The summed E-state index contributed by atoms with van der Waals surface area (Å²) in [7, 11) is 0.728. The molecule has 158 valence electrons. The van der Waals surface area contributed by atoms with Crippen LogP contribution in [0.2, 0.25) is 5.02 Å². The normalized spacial score (nSPS) is 11.5. The van der Waals surface area contributed by atoms with Gasteiger partial charge in [-0.05, 0) is 48.5 Å². The van der Waals surface area contributed by atoms with Crippen molar-refractivity contribution in [2.45, 2.75) is 4.90 Å². The molecule has 4 rings (SSSR count). The molecule has 0 amide bonds. The Hall–Kier alpha value is -3.09. The number of benzene rings is 3. The first-order chi connectivity index (χ1) is 14.7. The van der Waals surface area contributed by atoms with E-state index in [1.807, 2.05) is 67.3 Å². The molecule has 4 aromatic rings. The second-order valence-electron chi connectivity index (χ2n) is 7.51. The summed E-state index contributed by atoms with van der Waals surface area (Å²) in [5, 5.41) is 5.55. The quantitative estimate of drug-likeness (QED) is 0.411. The first-order valence-electron chi connectivity index (χ1n) is 9.67. The third-order valence-corrected chi connectivity index (χ3v) is 6.40. The summed E-state index contributed by atoms with van der Waals surface area (Å²) in [6.45, 7) is 0. The molecule has 0 aliphatic heterocycles. The molecular weight excluding hydrogens is 430 g/mol. The molecule has 31 heavy (non-hydrogen) atoms. The summed E-state index contributed by atoms with van der Waals surface area (Å²) in [6, 6.07) is 24.4. The van der Waals surface area contributed by atoms with Crippen LogP contribution in [-0.2, 0) is 9.84 Å². The van der Waals surface area contributed by atoms with E-state index in [2.05, 4.69) is 11.0 Å². The van der Waals surface area contributed by atoms with Gasteiger partial charge in [0, 0.05) is 42.2 Å². The molecule has 0 aliphatic rings. The number of nitrogens with zero attached hydrogens (tertiary/aromatic N) is 3. The molecule has 0 unspecified atom stereocenters. The van der Waals surface area contributed by atoms with Crippen molar-refractivity contribution in [2.75, 3.05) is 25.3 Å². The summed E-state index contributed by atoms with van der Waals surface area (Å²) in [6.07, 6.45) is 1.20. The van der Waals surface area contributed by atoms with Crippen molar-refractivity contribution in [3.63, 3.8) is 0 Å². The molecule has 0 bridgehead atoms. The van der Waals surface area contributed by atoms with E-state index in [1.165, 1.54) is 6.26 Å². The Labute approximate surface area is 187 Å². The summed E-state index contributed by atoms with van der Waals surface area (Å²) in [4.78, 5) is 2.33. The number of para-hydroxylation sites is 1.